The van der Waals surface area contributed by atoms with Crippen LogP contribution in [-0.2, 0) is 11.3 Å². The van der Waals surface area contributed by atoms with Crippen molar-refractivity contribution >= 4 is 16.7 Å². The molecule has 1 aliphatic rings. The van der Waals surface area contributed by atoms with E-state index in [1.54, 1.807) is 6.07 Å². The molecule has 0 spiro atoms. The zero-order chi connectivity index (χ0) is 20.1. The fourth-order valence-corrected chi connectivity index (χ4v) is 3.64. The number of hydrogen-bond donors (Lipinski definition) is 1. The molecule has 0 aliphatic carbocycles. The normalized spacial score (nSPS) is 17.8. The van der Waals surface area contributed by atoms with Gasteiger partial charge in [0.15, 0.2) is 11.6 Å². The number of ether oxygens (including phenoxy) is 2. The molecule has 29 heavy (non-hydrogen) atoms. The highest BCUT2D eigenvalue weighted by atomic mass is 19.1. The van der Waals surface area contributed by atoms with Crippen molar-refractivity contribution in [1.82, 2.24) is 14.9 Å². The molecule has 1 unspecified atom stereocenters. The van der Waals surface area contributed by atoms with E-state index >= 15 is 0 Å². The average molecular weight is 396 g/mol. The summed E-state index contributed by atoms with van der Waals surface area (Å²) in [4.78, 5) is 10.9. The molecule has 7 heteroatoms. The molecule has 1 aliphatic heterocycles. The number of anilines is 1. The monoisotopic (exact) mass is 396 g/mol. The molecule has 152 valence electrons. The Morgan fingerprint density at radius 2 is 2.10 bits per heavy atom. The van der Waals surface area contributed by atoms with Gasteiger partial charge in [-0.15, -0.1) is 0 Å². The van der Waals surface area contributed by atoms with Crippen LogP contribution in [0.3, 0.4) is 0 Å². The minimum atomic E-state index is -0.437. The second kappa shape index (κ2) is 9.15. The second-order valence-electron chi connectivity index (χ2n) is 7.17. The van der Waals surface area contributed by atoms with Crippen molar-refractivity contribution in [1.29, 1.82) is 0 Å². The van der Waals surface area contributed by atoms with Crippen molar-refractivity contribution in [3.05, 3.63) is 60.2 Å². The Balaban J connectivity index is 1.45. The number of hydrogen-bond acceptors (Lipinski definition) is 6. The summed E-state index contributed by atoms with van der Waals surface area (Å²) < 4.78 is 25.1. The van der Waals surface area contributed by atoms with Gasteiger partial charge in [0.25, 0.3) is 0 Å². The zero-order valence-electron chi connectivity index (χ0n) is 16.5. The second-order valence-corrected chi connectivity index (χ2v) is 7.17. The van der Waals surface area contributed by atoms with E-state index in [0.29, 0.717) is 17.9 Å². The standard InChI is InChI=1S/C22H25FN4O2/c1-28-21-10-18-20(11-19(21)23)25-15-26-22(18)24-12-17-14-27(8-5-9-29-17)13-16-6-3-2-4-7-16/h2-4,6-7,10-11,15,17H,5,8-9,12-14H2,1H3,(H,24,25,26). The van der Waals surface area contributed by atoms with Gasteiger partial charge in [0.05, 0.1) is 18.7 Å². The lowest BCUT2D eigenvalue weighted by molar-refractivity contribution is 0.0625. The molecule has 4 rings (SSSR count). The van der Waals surface area contributed by atoms with Crippen LogP contribution < -0.4 is 10.1 Å². The minimum Gasteiger partial charge on any atom is -0.494 e. The topological polar surface area (TPSA) is 59.5 Å². The lowest BCUT2D eigenvalue weighted by atomic mass is 10.2. The average Bonchev–Trinajstić information content (AvgIpc) is 2.97. The summed E-state index contributed by atoms with van der Waals surface area (Å²) in [5, 5.41) is 4.08. The lowest BCUT2D eigenvalue weighted by Gasteiger charge is -2.24. The van der Waals surface area contributed by atoms with E-state index in [1.165, 1.54) is 25.1 Å². The first kappa shape index (κ1) is 19.5. The van der Waals surface area contributed by atoms with Crippen molar-refractivity contribution in [2.75, 3.05) is 38.7 Å². The summed E-state index contributed by atoms with van der Waals surface area (Å²) in [5.74, 6) is 0.388. The zero-order valence-corrected chi connectivity index (χ0v) is 16.5. The van der Waals surface area contributed by atoms with Crippen LogP contribution in [0.2, 0.25) is 0 Å². The van der Waals surface area contributed by atoms with Crippen LogP contribution >= 0.6 is 0 Å². The maximum atomic E-state index is 14.0. The quantitative estimate of drug-likeness (QED) is 0.688. The van der Waals surface area contributed by atoms with Crippen LogP contribution in [0.15, 0.2) is 48.8 Å². The molecule has 1 fully saturated rings. The van der Waals surface area contributed by atoms with Crippen LogP contribution in [0.4, 0.5) is 10.2 Å². The Morgan fingerprint density at radius 3 is 2.93 bits per heavy atom. The molecule has 1 atom stereocenters. The van der Waals surface area contributed by atoms with Crippen molar-refractivity contribution < 1.29 is 13.9 Å². The third kappa shape index (κ3) is 4.81. The third-order valence-corrected chi connectivity index (χ3v) is 5.09. The van der Waals surface area contributed by atoms with E-state index in [1.807, 2.05) is 6.07 Å². The minimum absolute atomic E-state index is 0.0357. The summed E-state index contributed by atoms with van der Waals surface area (Å²) >= 11 is 0. The van der Waals surface area contributed by atoms with E-state index in [-0.39, 0.29) is 11.9 Å². The summed E-state index contributed by atoms with van der Waals surface area (Å²) in [6.07, 6.45) is 2.48. The lowest BCUT2D eigenvalue weighted by Crippen LogP contribution is -2.35. The highest BCUT2D eigenvalue weighted by Gasteiger charge is 2.19. The number of methoxy groups -OCH3 is 1. The number of aromatic nitrogens is 2. The molecule has 2 aromatic carbocycles. The van der Waals surface area contributed by atoms with Gasteiger partial charge in [-0.25, -0.2) is 14.4 Å². The van der Waals surface area contributed by atoms with Gasteiger partial charge in [0, 0.05) is 44.2 Å². The molecular formula is C22H25FN4O2. The van der Waals surface area contributed by atoms with Gasteiger partial charge in [0.1, 0.15) is 12.1 Å². The summed E-state index contributed by atoms with van der Waals surface area (Å²) in [7, 11) is 1.45. The first-order valence-electron chi connectivity index (χ1n) is 9.83. The molecule has 0 radical (unpaired) electrons. The molecule has 3 aromatic rings. The van der Waals surface area contributed by atoms with Crippen LogP contribution in [-0.4, -0.2) is 54.3 Å². The Kier molecular flexibility index (Phi) is 6.17. The number of nitrogens with one attached hydrogen (secondary N) is 1. The maximum Gasteiger partial charge on any atom is 0.167 e. The van der Waals surface area contributed by atoms with Crippen LogP contribution in [0.1, 0.15) is 12.0 Å². The van der Waals surface area contributed by atoms with Crippen LogP contribution in [0.25, 0.3) is 10.9 Å². The largest absolute Gasteiger partial charge is 0.494 e. The summed E-state index contributed by atoms with van der Waals surface area (Å²) in [6.45, 7) is 4.10. The van der Waals surface area contributed by atoms with Gasteiger partial charge in [0.2, 0.25) is 0 Å². The van der Waals surface area contributed by atoms with Gasteiger partial charge in [-0.2, -0.15) is 0 Å². The molecule has 0 amide bonds. The van der Waals surface area contributed by atoms with Crippen molar-refractivity contribution in [2.45, 2.75) is 19.1 Å². The Morgan fingerprint density at radius 1 is 1.24 bits per heavy atom. The van der Waals surface area contributed by atoms with Crippen molar-refractivity contribution in [3.63, 3.8) is 0 Å². The number of nitrogens with zero attached hydrogens (tertiary/aromatic N) is 3. The fourth-order valence-electron chi connectivity index (χ4n) is 3.64. The Hall–Kier alpha value is -2.77. The predicted molar refractivity (Wildman–Crippen MR) is 111 cm³/mol. The van der Waals surface area contributed by atoms with Crippen molar-refractivity contribution in [3.8, 4) is 5.75 Å². The van der Waals surface area contributed by atoms with Crippen LogP contribution in [0.5, 0.6) is 5.75 Å². The van der Waals surface area contributed by atoms with E-state index in [2.05, 4.69) is 44.5 Å². The first-order chi connectivity index (χ1) is 14.2. The molecule has 0 saturated carbocycles. The van der Waals surface area contributed by atoms with Gasteiger partial charge >= 0.3 is 0 Å². The van der Waals surface area contributed by atoms with Gasteiger partial charge < -0.3 is 14.8 Å². The SMILES string of the molecule is COc1cc2c(NCC3CN(Cc4ccccc4)CCCO3)ncnc2cc1F. The third-order valence-electron chi connectivity index (χ3n) is 5.09. The van der Waals surface area contributed by atoms with E-state index in [4.69, 9.17) is 9.47 Å². The molecule has 1 aromatic heterocycles. The smallest absolute Gasteiger partial charge is 0.167 e. The van der Waals surface area contributed by atoms with Gasteiger partial charge in [-0.1, -0.05) is 30.3 Å². The molecule has 2 heterocycles. The Labute approximate surface area is 169 Å². The highest BCUT2D eigenvalue weighted by Crippen LogP contribution is 2.27. The van der Waals surface area contributed by atoms with Gasteiger partial charge in [-0.05, 0) is 18.1 Å². The highest BCUT2D eigenvalue weighted by molar-refractivity contribution is 5.90. The van der Waals surface area contributed by atoms with E-state index in [0.717, 1.165) is 38.0 Å². The summed E-state index contributed by atoms with van der Waals surface area (Å²) in [5.41, 5.74) is 1.84. The molecule has 1 saturated heterocycles. The van der Waals surface area contributed by atoms with Crippen LogP contribution in [0, 0.1) is 5.82 Å². The van der Waals surface area contributed by atoms with Crippen molar-refractivity contribution in [2.24, 2.45) is 0 Å². The maximum absolute atomic E-state index is 14.0. The number of benzene rings is 2. The molecule has 6 nitrogen and oxygen atoms in total. The molecular weight excluding hydrogens is 371 g/mol. The number of fused-ring (bicyclic) bond motifs is 1. The van der Waals surface area contributed by atoms with E-state index < -0.39 is 5.82 Å². The molecule has 1 N–H and O–H groups in total. The number of halogens is 1. The number of rotatable bonds is 6. The molecule has 0 bridgehead atoms. The van der Waals surface area contributed by atoms with Gasteiger partial charge in [-0.3, -0.25) is 4.90 Å². The Bertz CT molecular complexity index is 954. The summed E-state index contributed by atoms with van der Waals surface area (Å²) in [6, 6.07) is 13.5. The fraction of sp³-hybridized carbons (Fsp3) is 0.364. The van der Waals surface area contributed by atoms with E-state index in [9.17, 15) is 4.39 Å². The predicted octanol–water partition coefficient (Wildman–Crippen LogP) is 3.48. The first-order valence-corrected chi connectivity index (χ1v) is 9.83.